The van der Waals surface area contributed by atoms with Gasteiger partial charge in [0.05, 0.1) is 6.61 Å². The van der Waals surface area contributed by atoms with Gasteiger partial charge in [-0.15, -0.1) is 6.58 Å². The minimum atomic E-state index is -1.60. The van der Waals surface area contributed by atoms with Gasteiger partial charge >= 0.3 is 6.03 Å². The number of urea groups is 1. The molecular formula is C12H13F3N2O2. The molecule has 1 aromatic carbocycles. The van der Waals surface area contributed by atoms with E-state index in [9.17, 15) is 18.0 Å². The normalized spacial score (nSPS) is 10.1. The summed E-state index contributed by atoms with van der Waals surface area (Å²) < 4.78 is 38.6. The summed E-state index contributed by atoms with van der Waals surface area (Å²) in [4.78, 5) is 12.9. The zero-order valence-electron chi connectivity index (χ0n) is 10.00. The van der Waals surface area contributed by atoms with Gasteiger partial charge in [0.1, 0.15) is 0 Å². The number of nitrogens with one attached hydrogen (secondary N) is 1. The van der Waals surface area contributed by atoms with Gasteiger partial charge < -0.3 is 15.3 Å². The molecule has 1 rings (SSSR count). The third kappa shape index (κ3) is 3.99. The third-order valence-electron chi connectivity index (χ3n) is 2.24. The number of rotatable bonds is 5. The summed E-state index contributed by atoms with van der Waals surface area (Å²) >= 11 is 0. The van der Waals surface area contributed by atoms with Crippen molar-refractivity contribution >= 4 is 11.7 Å². The van der Waals surface area contributed by atoms with Crippen LogP contribution in [-0.2, 0) is 0 Å². The van der Waals surface area contributed by atoms with Crippen LogP contribution in [0.4, 0.5) is 23.7 Å². The van der Waals surface area contributed by atoms with E-state index in [2.05, 4.69) is 11.9 Å². The van der Waals surface area contributed by atoms with Gasteiger partial charge in [-0.3, -0.25) is 0 Å². The Labute approximate surface area is 108 Å². The highest BCUT2D eigenvalue weighted by molar-refractivity contribution is 5.89. The lowest BCUT2D eigenvalue weighted by Crippen LogP contribution is -2.37. The fourth-order valence-corrected chi connectivity index (χ4v) is 1.38. The van der Waals surface area contributed by atoms with E-state index in [1.54, 1.807) is 0 Å². The topological polar surface area (TPSA) is 52.6 Å². The number of nitrogens with zero attached hydrogens (tertiary/aromatic N) is 1. The van der Waals surface area contributed by atoms with Gasteiger partial charge in [0, 0.05) is 30.9 Å². The molecule has 0 aliphatic rings. The maximum absolute atomic E-state index is 13.0. The van der Waals surface area contributed by atoms with Gasteiger partial charge in [-0.05, 0) is 0 Å². The van der Waals surface area contributed by atoms with E-state index in [0.717, 1.165) is 0 Å². The van der Waals surface area contributed by atoms with Crippen molar-refractivity contribution in [3.05, 3.63) is 42.2 Å². The first-order valence-corrected chi connectivity index (χ1v) is 5.41. The second-order valence-corrected chi connectivity index (χ2v) is 3.64. The van der Waals surface area contributed by atoms with E-state index >= 15 is 0 Å². The number of aliphatic hydroxyl groups excluding tert-OH is 1. The molecule has 2 amide bonds. The Balaban J connectivity index is 2.83. The van der Waals surface area contributed by atoms with Crippen molar-refractivity contribution in [2.75, 3.05) is 25.0 Å². The van der Waals surface area contributed by atoms with Gasteiger partial charge in [-0.2, -0.15) is 0 Å². The molecule has 0 bridgehead atoms. The highest BCUT2D eigenvalue weighted by Gasteiger charge is 2.15. The lowest BCUT2D eigenvalue weighted by atomic mass is 10.3. The van der Waals surface area contributed by atoms with Crippen LogP contribution in [0.25, 0.3) is 0 Å². The van der Waals surface area contributed by atoms with Crippen LogP contribution in [0.15, 0.2) is 24.8 Å². The molecule has 7 heteroatoms. The molecule has 0 spiro atoms. The van der Waals surface area contributed by atoms with Crippen LogP contribution in [0.5, 0.6) is 0 Å². The molecule has 0 radical (unpaired) electrons. The number of carbonyl (C=O) groups excluding carboxylic acids is 1. The average molecular weight is 274 g/mol. The van der Waals surface area contributed by atoms with Crippen LogP contribution in [0.3, 0.4) is 0 Å². The van der Waals surface area contributed by atoms with Gasteiger partial charge in [0.25, 0.3) is 0 Å². The number of anilines is 1. The smallest absolute Gasteiger partial charge is 0.322 e. The van der Waals surface area contributed by atoms with Crippen molar-refractivity contribution in [1.29, 1.82) is 0 Å². The fraction of sp³-hybridized carbons (Fsp3) is 0.250. The monoisotopic (exact) mass is 274 g/mol. The first-order chi connectivity index (χ1) is 8.99. The standard InChI is InChI=1S/C12H13F3N2O2/c1-2-3-17(4-5-18)12(19)16-8-6-9(13)11(15)10(14)7-8/h2,6-7,18H,1,3-5H2,(H,16,19). The Morgan fingerprint density at radius 2 is 1.95 bits per heavy atom. The average Bonchev–Trinajstić information content (AvgIpc) is 2.35. The van der Waals surface area contributed by atoms with Gasteiger partial charge in [0.15, 0.2) is 17.5 Å². The van der Waals surface area contributed by atoms with Gasteiger partial charge in [-0.25, -0.2) is 18.0 Å². The molecule has 2 N–H and O–H groups in total. The summed E-state index contributed by atoms with van der Waals surface area (Å²) in [6.45, 7) is 3.35. The van der Waals surface area contributed by atoms with E-state index in [0.29, 0.717) is 12.1 Å². The maximum atomic E-state index is 13.0. The number of amides is 2. The lowest BCUT2D eigenvalue weighted by molar-refractivity contribution is 0.195. The number of aliphatic hydroxyl groups is 1. The lowest BCUT2D eigenvalue weighted by Gasteiger charge is -2.20. The third-order valence-corrected chi connectivity index (χ3v) is 2.24. The summed E-state index contributed by atoms with van der Waals surface area (Å²) in [5.74, 6) is -4.39. The zero-order chi connectivity index (χ0) is 14.4. The number of benzene rings is 1. The Morgan fingerprint density at radius 3 is 2.42 bits per heavy atom. The number of carbonyl (C=O) groups is 1. The van der Waals surface area contributed by atoms with Gasteiger partial charge in [0.2, 0.25) is 0 Å². The van der Waals surface area contributed by atoms with E-state index in [4.69, 9.17) is 5.11 Å². The molecule has 0 unspecified atom stereocenters. The van der Waals surface area contributed by atoms with Crippen LogP contribution >= 0.6 is 0 Å². The van der Waals surface area contributed by atoms with Crippen LogP contribution in [0.1, 0.15) is 0 Å². The molecule has 0 fully saturated rings. The van der Waals surface area contributed by atoms with Crippen LogP contribution in [-0.4, -0.2) is 35.7 Å². The summed E-state index contributed by atoms with van der Waals surface area (Å²) in [5.41, 5.74) is -0.214. The molecule has 0 atom stereocenters. The summed E-state index contributed by atoms with van der Waals surface area (Å²) in [7, 11) is 0. The van der Waals surface area contributed by atoms with E-state index in [1.807, 2.05) is 0 Å². The molecule has 0 aliphatic carbocycles. The Morgan fingerprint density at radius 1 is 1.37 bits per heavy atom. The molecule has 0 saturated carbocycles. The first-order valence-electron chi connectivity index (χ1n) is 5.41. The Kier molecular flexibility index (Phi) is 5.37. The molecule has 0 saturated heterocycles. The van der Waals surface area contributed by atoms with Crippen LogP contribution in [0.2, 0.25) is 0 Å². The van der Waals surface area contributed by atoms with Crippen LogP contribution < -0.4 is 5.32 Å². The quantitative estimate of drug-likeness (QED) is 0.638. The maximum Gasteiger partial charge on any atom is 0.322 e. The summed E-state index contributed by atoms with van der Waals surface area (Å²) in [5, 5.41) is 11.0. The highest BCUT2D eigenvalue weighted by Crippen LogP contribution is 2.17. The molecule has 4 nitrogen and oxygen atoms in total. The van der Waals surface area contributed by atoms with Crippen molar-refractivity contribution in [1.82, 2.24) is 4.90 Å². The second-order valence-electron chi connectivity index (χ2n) is 3.64. The second kappa shape index (κ2) is 6.79. The van der Waals surface area contributed by atoms with Crippen LogP contribution in [0, 0.1) is 17.5 Å². The summed E-state index contributed by atoms with van der Waals surface area (Å²) in [6.07, 6.45) is 1.43. The predicted molar refractivity (Wildman–Crippen MR) is 64.2 cm³/mol. The molecule has 0 aliphatic heterocycles. The Bertz CT molecular complexity index is 457. The first kappa shape index (κ1) is 15.0. The Hall–Kier alpha value is -2.02. The van der Waals surface area contributed by atoms with E-state index < -0.39 is 23.5 Å². The molecule has 104 valence electrons. The largest absolute Gasteiger partial charge is 0.395 e. The van der Waals surface area contributed by atoms with Crippen molar-refractivity contribution in [2.45, 2.75) is 0 Å². The minimum Gasteiger partial charge on any atom is -0.395 e. The predicted octanol–water partition coefficient (Wildman–Crippen LogP) is 2.12. The van der Waals surface area contributed by atoms with Crippen molar-refractivity contribution in [3.8, 4) is 0 Å². The highest BCUT2D eigenvalue weighted by atomic mass is 19.2. The summed E-state index contributed by atoms with van der Waals surface area (Å²) in [6, 6.07) is 0.655. The molecule has 19 heavy (non-hydrogen) atoms. The van der Waals surface area contributed by atoms with Gasteiger partial charge in [-0.1, -0.05) is 6.08 Å². The van der Waals surface area contributed by atoms with E-state index in [-0.39, 0.29) is 25.4 Å². The van der Waals surface area contributed by atoms with Crippen molar-refractivity contribution < 1.29 is 23.1 Å². The SMILES string of the molecule is C=CCN(CCO)C(=O)Nc1cc(F)c(F)c(F)c1. The zero-order valence-corrected chi connectivity index (χ0v) is 10.00. The van der Waals surface area contributed by atoms with Crippen molar-refractivity contribution in [3.63, 3.8) is 0 Å². The molecule has 0 heterocycles. The molecule has 1 aromatic rings. The minimum absolute atomic E-state index is 0.0318. The molecule has 0 aromatic heterocycles. The van der Waals surface area contributed by atoms with E-state index in [1.165, 1.54) is 11.0 Å². The number of hydrogen-bond donors (Lipinski definition) is 2. The number of halogens is 3. The number of hydrogen-bond acceptors (Lipinski definition) is 2. The fourth-order valence-electron chi connectivity index (χ4n) is 1.38. The van der Waals surface area contributed by atoms with Crippen molar-refractivity contribution in [2.24, 2.45) is 0 Å². The molecular weight excluding hydrogens is 261 g/mol.